The quantitative estimate of drug-likeness (QED) is 0.777. The number of nitrogens with one attached hydrogen (secondary N) is 1. The van der Waals surface area contributed by atoms with Crippen LogP contribution in [0.3, 0.4) is 0 Å². The van der Waals surface area contributed by atoms with E-state index >= 15 is 0 Å². The fourth-order valence-electron chi connectivity index (χ4n) is 2.45. The van der Waals surface area contributed by atoms with Gasteiger partial charge in [0.2, 0.25) is 5.91 Å². The molecule has 1 heterocycles. The molecule has 2 amide bonds. The van der Waals surface area contributed by atoms with E-state index < -0.39 is 0 Å². The van der Waals surface area contributed by atoms with Crippen LogP contribution in [-0.4, -0.2) is 52.6 Å². The molecule has 0 aromatic rings. The number of rotatable bonds is 5. The molecule has 0 aromatic carbocycles. The summed E-state index contributed by atoms with van der Waals surface area (Å²) in [4.78, 5) is 24.7. The summed E-state index contributed by atoms with van der Waals surface area (Å²) in [6.07, 6.45) is 2.82. The van der Waals surface area contributed by atoms with Gasteiger partial charge in [-0.2, -0.15) is 0 Å². The average molecular weight is 272 g/mol. The second kappa shape index (κ2) is 6.43. The molecule has 2 fully saturated rings. The molecule has 5 nitrogen and oxygen atoms in total. The molecule has 1 aliphatic carbocycles. The predicted molar refractivity (Wildman–Crippen MR) is 70.4 cm³/mol. The summed E-state index contributed by atoms with van der Waals surface area (Å²) in [5, 5.41) is 12.4. The van der Waals surface area contributed by atoms with Gasteiger partial charge >= 0.3 is 0 Å². The molecule has 1 saturated heterocycles. The average Bonchev–Trinajstić information content (AvgIpc) is 2.93. The van der Waals surface area contributed by atoms with Crippen LogP contribution in [0.15, 0.2) is 0 Å². The van der Waals surface area contributed by atoms with Gasteiger partial charge in [0.1, 0.15) is 0 Å². The molecule has 1 saturated carbocycles. The molecule has 2 N–H and O–H groups in total. The van der Waals surface area contributed by atoms with Crippen LogP contribution in [0.1, 0.15) is 25.7 Å². The minimum atomic E-state index is -0.189. The highest BCUT2D eigenvalue weighted by molar-refractivity contribution is 8.13. The molecule has 0 aromatic heterocycles. The first-order chi connectivity index (χ1) is 8.65. The lowest BCUT2D eigenvalue weighted by Crippen LogP contribution is -2.33. The first kappa shape index (κ1) is 13.7. The fourth-order valence-corrected chi connectivity index (χ4v) is 3.30. The Hall–Kier alpha value is -0.750. The third-order valence-corrected chi connectivity index (χ3v) is 4.45. The largest absolute Gasteiger partial charge is 0.393 e. The first-order valence-corrected chi connectivity index (χ1v) is 7.50. The topological polar surface area (TPSA) is 69.6 Å². The zero-order chi connectivity index (χ0) is 13.0. The second-order valence-electron chi connectivity index (χ2n) is 4.99. The highest BCUT2D eigenvalue weighted by Gasteiger charge is 2.24. The molecule has 0 radical (unpaired) electrons. The number of thioether (sulfide) groups is 1. The number of amides is 2. The van der Waals surface area contributed by atoms with Crippen LogP contribution in [0.4, 0.5) is 4.79 Å². The van der Waals surface area contributed by atoms with Crippen molar-refractivity contribution in [2.75, 3.05) is 25.4 Å². The number of aliphatic hydroxyl groups excluding tert-OH is 1. The summed E-state index contributed by atoms with van der Waals surface area (Å²) in [6.45, 7) is 1.93. The monoisotopic (exact) mass is 272 g/mol. The first-order valence-electron chi connectivity index (χ1n) is 6.51. The summed E-state index contributed by atoms with van der Waals surface area (Å²) in [7, 11) is 0. The van der Waals surface area contributed by atoms with Crippen LogP contribution in [0.5, 0.6) is 0 Å². The lowest BCUT2D eigenvalue weighted by molar-refractivity contribution is -0.121. The molecular formula is C12H20N2O3S. The Kier molecular flexibility index (Phi) is 4.88. The lowest BCUT2D eigenvalue weighted by atomic mass is 10.1. The van der Waals surface area contributed by atoms with Crippen molar-refractivity contribution in [3.05, 3.63) is 0 Å². The second-order valence-corrected chi connectivity index (χ2v) is 6.03. The van der Waals surface area contributed by atoms with Crippen molar-refractivity contribution in [3.63, 3.8) is 0 Å². The van der Waals surface area contributed by atoms with Crippen molar-refractivity contribution in [1.29, 1.82) is 0 Å². The van der Waals surface area contributed by atoms with E-state index in [9.17, 15) is 14.7 Å². The molecule has 0 spiro atoms. The molecule has 0 bridgehead atoms. The fraction of sp³-hybridized carbons (Fsp3) is 0.833. The molecule has 2 aliphatic rings. The Morgan fingerprint density at radius 1 is 1.50 bits per heavy atom. The van der Waals surface area contributed by atoms with Crippen LogP contribution in [-0.2, 0) is 4.79 Å². The highest BCUT2D eigenvalue weighted by atomic mass is 32.2. The van der Waals surface area contributed by atoms with Gasteiger partial charge in [-0.15, -0.1) is 0 Å². The minimum Gasteiger partial charge on any atom is -0.393 e. The van der Waals surface area contributed by atoms with Gasteiger partial charge in [-0.3, -0.25) is 9.59 Å². The smallest absolute Gasteiger partial charge is 0.281 e. The molecule has 18 heavy (non-hydrogen) atoms. The zero-order valence-electron chi connectivity index (χ0n) is 10.4. The van der Waals surface area contributed by atoms with Gasteiger partial charge < -0.3 is 15.3 Å². The van der Waals surface area contributed by atoms with Gasteiger partial charge in [0.15, 0.2) is 0 Å². The molecular weight excluding hydrogens is 252 g/mol. The Morgan fingerprint density at radius 2 is 2.33 bits per heavy atom. The number of nitrogens with zero attached hydrogens (tertiary/aromatic N) is 1. The SMILES string of the molecule is O=C(CCN1CCSC1=O)NCC1CCC(O)C1. The van der Waals surface area contributed by atoms with Gasteiger partial charge in [0.25, 0.3) is 5.24 Å². The summed E-state index contributed by atoms with van der Waals surface area (Å²) in [5.41, 5.74) is 0. The molecule has 1 aliphatic heterocycles. The molecule has 6 heteroatoms. The predicted octanol–water partition coefficient (Wildman–Crippen LogP) is 0.822. The van der Waals surface area contributed by atoms with E-state index in [1.165, 1.54) is 11.8 Å². The lowest BCUT2D eigenvalue weighted by Gasteiger charge is -2.15. The number of hydrogen-bond donors (Lipinski definition) is 2. The molecule has 102 valence electrons. The van der Waals surface area contributed by atoms with E-state index in [1.807, 2.05) is 0 Å². The molecule has 2 rings (SSSR count). The van der Waals surface area contributed by atoms with Gasteiger partial charge in [-0.25, -0.2) is 0 Å². The summed E-state index contributed by atoms with van der Waals surface area (Å²) < 4.78 is 0. The van der Waals surface area contributed by atoms with Gasteiger partial charge in [0.05, 0.1) is 6.10 Å². The number of carbonyl (C=O) groups excluding carboxylic acids is 2. The number of carbonyl (C=O) groups is 2. The van der Waals surface area contributed by atoms with Crippen molar-refractivity contribution in [2.24, 2.45) is 5.92 Å². The van der Waals surface area contributed by atoms with Crippen molar-refractivity contribution >= 4 is 22.9 Å². The Balaban J connectivity index is 1.59. The molecule has 2 unspecified atom stereocenters. The summed E-state index contributed by atoms with van der Waals surface area (Å²) in [5.74, 6) is 1.24. The third kappa shape index (κ3) is 3.88. The van der Waals surface area contributed by atoms with E-state index in [-0.39, 0.29) is 17.3 Å². The van der Waals surface area contributed by atoms with Crippen LogP contribution in [0, 0.1) is 5.92 Å². The van der Waals surface area contributed by atoms with Crippen molar-refractivity contribution in [2.45, 2.75) is 31.8 Å². The van der Waals surface area contributed by atoms with Gasteiger partial charge in [-0.05, 0) is 25.2 Å². The van der Waals surface area contributed by atoms with Crippen LogP contribution < -0.4 is 5.32 Å². The van der Waals surface area contributed by atoms with E-state index in [0.717, 1.165) is 31.6 Å². The third-order valence-electron chi connectivity index (χ3n) is 3.56. The number of aliphatic hydroxyl groups is 1. The Bertz CT molecular complexity index is 324. The maximum atomic E-state index is 11.6. The summed E-state index contributed by atoms with van der Waals surface area (Å²) >= 11 is 1.32. The maximum absolute atomic E-state index is 11.6. The Labute approximate surface area is 111 Å². The van der Waals surface area contributed by atoms with Gasteiger partial charge in [0, 0.05) is 31.8 Å². The maximum Gasteiger partial charge on any atom is 0.281 e. The van der Waals surface area contributed by atoms with E-state index in [4.69, 9.17) is 0 Å². The standard InChI is InChI=1S/C12H20N2O3S/c15-10-2-1-9(7-10)8-13-11(16)3-4-14-5-6-18-12(14)17/h9-10,15H,1-8H2,(H,13,16). The van der Waals surface area contributed by atoms with Crippen LogP contribution in [0.25, 0.3) is 0 Å². The number of hydrogen-bond acceptors (Lipinski definition) is 4. The molecule has 2 atom stereocenters. The van der Waals surface area contributed by atoms with Crippen molar-refractivity contribution in [3.8, 4) is 0 Å². The van der Waals surface area contributed by atoms with Crippen LogP contribution >= 0.6 is 11.8 Å². The van der Waals surface area contributed by atoms with E-state index in [2.05, 4.69) is 5.32 Å². The van der Waals surface area contributed by atoms with E-state index in [1.54, 1.807) is 4.90 Å². The Morgan fingerprint density at radius 3 is 2.94 bits per heavy atom. The van der Waals surface area contributed by atoms with Gasteiger partial charge in [-0.1, -0.05) is 11.8 Å². The highest BCUT2D eigenvalue weighted by Crippen LogP contribution is 2.24. The normalized spacial score (nSPS) is 27.8. The van der Waals surface area contributed by atoms with E-state index in [0.29, 0.717) is 25.4 Å². The zero-order valence-corrected chi connectivity index (χ0v) is 11.2. The van der Waals surface area contributed by atoms with Crippen LogP contribution in [0.2, 0.25) is 0 Å². The van der Waals surface area contributed by atoms with Crippen molar-refractivity contribution in [1.82, 2.24) is 10.2 Å². The summed E-state index contributed by atoms with van der Waals surface area (Å²) in [6, 6.07) is 0. The minimum absolute atomic E-state index is 0.00101. The van der Waals surface area contributed by atoms with Crippen molar-refractivity contribution < 1.29 is 14.7 Å².